The molecule has 0 radical (unpaired) electrons. The molecule has 1 fully saturated rings. The number of nitrogens with two attached hydrogens (primary N) is 1. The van der Waals surface area contributed by atoms with E-state index < -0.39 is 0 Å². The van der Waals surface area contributed by atoms with E-state index in [1.807, 2.05) is 4.52 Å². The lowest BCUT2D eigenvalue weighted by Crippen LogP contribution is -2.09. The van der Waals surface area contributed by atoms with Crippen molar-refractivity contribution in [3.63, 3.8) is 0 Å². The van der Waals surface area contributed by atoms with Crippen molar-refractivity contribution in [2.75, 3.05) is 6.54 Å². The standard InChI is InChI=1S/C14H23N5S/c1-2-3-10(8-9-15)4-7-12-18-19-13(11-5-6-11)16-17-14(19)20-12/h10-11H,2-9,15H2,1H3. The highest BCUT2D eigenvalue weighted by atomic mass is 32.1. The fourth-order valence-corrected chi connectivity index (χ4v) is 3.63. The minimum Gasteiger partial charge on any atom is -0.330 e. The first-order chi connectivity index (χ1) is 9.81. The Labute approximate surface area is 123 Å². The van der Waals surface area contributed by atoms with E-state index >= 15 is 0 Å². The summed E-state index contributed by atoms with van der Waals surface area (Å²) < 4.78 is 1.97. The first kappa shape index (κ1) is 13.9. The van der Waals surface area contributed by atoms with Crippen LogP contribution in [0.4, 0.5) is 0 Å². The number of aromatic nitrogens is 4. The van der Waals surface area contributed by atoms with Crippen LogP contribution in [0.5, 0.6) is 0 Å². The number of fused-ring (bicyclic) bond motifs is 1. The Morgan fingerprint density at radius 2 is 2.15 bits per heavy atom. The van der Waals surface area contributed by atoms with Gasteiger partial charge in [-0.05, 0) is 38.1 Å². The molecule has 0 bridgehead atoms. The van der Waals surface area contributed by atoms with E-state index in [1.165, 1.54) is 37.1 Å². The van der Waals surface area contributed by atoms with Gasteiger partial charge in [-0.15, -0.1) is 10.2 Å². The lowest BCUT2D eigenvalue weighted by Gasteiger charge is -2.13. The van der Waals surface area contributed by atoms with Crippen LogP contribution in [0.1, 0.15) is 62.2 Å². The van der Waals surface area contributed by atoms with Crippen molar-refractivity contribution in [2.24, 2.45) is 11.7 Å². The van der Waals surface area contributed by atoms with Crippen molar-refractivity contribution in [3.05, 3.63) is 10.8 Å². The van der Waals surface area contributed by atoms with E-state index in [0.717, 1.165) is 36.1 Å². The van der Waals surface area contributed by atoms with Crippen LogP contribution in [0.3, 0.4) is 0 Å². The molecule has 1 saturated carbocycles. The van der Waals surface area contributed by atoms with E-state index in [-0.39, 0.29) is 0 Å². The smallest absolute Gasteiger partial charge is 0.234 e. The van der Waals surface area contributed by atoms with Gasteiger partial charge in [0.2, 0.25) is 4.96 Å². The first-order valence-corrected chi connectivity index (χ1v) is 8.54. The zero-order chi connectivity index (χ0) is 13.9. The monoisotopic (exact) mass is 293 g/mol. The molecule has 2 N–H and O–H groups in total. The number of hydrogen-bond donors (Lipinski definition) is 1. The molecular weight excluding hydrogens is 270 g/mol. The summed E-state index contributed by atoms with van der Waals surface area (Å²) in [6.45, 7) is 3.04. The van der Waals surface area contributed by atoms with Gasteiger partial charge in [0.15, 0.2) is 5.82 Å². The Kier molecular flexibility index (Phi) is 4.31. The Morgan fingerprint density at radius 3 is 2.85 bits per heavy atom. The summed E-state index contributed by atoms with van der Waals surface area (Å²) in [6, 6.07) is 0. The largest absolute Gasteiger partial charge is 0.330 e. The summed E-state index contributed by atoms with van der Waals surface area (Å²) in [7, 11) is 0. The van der Waals surface area contributed by atoms with Gasteiger partial charge in [-0.2, -0.15) is 9.61 Å². The lowest BCUT2D eigenvalue weighted by molar-refractivity contribution is 0.420. The summed E-state index contributed by atoms with van der Waals surface area (Å²) in [6.07, 6.45) is 8.35. The normalized spacial score (nSPS) is 16.9. The molecule has 110 valence electrons. The molecule has 2 aromatic heterocycles. The Balaban J connectivity index is 1.64. The molecule has 0 amide bonds. The first-order valence-electron chi connectivity index (χ1n) is 7.73. The second-order valence-corrected chi connectivity index (χ2v) is 6.83. The van der Waals surface area contributed by atoms with Gasteiger partial charge in [0.1, 0.15) is 5.01 Å². The van der Waals surface area contributed by atoms with Crippen molar-refractivity contribution in [1.82, 2.24) is 19.8 Å². The fourth-order valence-electron chi connectivity index (χ4n) is 2.77. The topological polar surface area (TPSA) is 69.1 Å². The van der Waals surface area contributed by atoms with Gasteiger partial charge < -0.3 is 5.73 Å². The highest BCUT2D eigenvalue weighted by Gasteiger charge is 2.30. The molecule has 1 aliphatic rings. The minimum atomic E-state index is 0.602. The molecule has 1 unspecified atom stereocenters. The molecule has 1 aliphatic carbocycles. The zero-order valence-corrected chi connectivity index (χ0v) is 12.9. The summed E-state index contributed by atoms with van der Waals surface area (Å²) >= 11 is 1.69. The second-order valence-electron chi connectivity index (χ2n) is 5.79. The van der Waals surface area contributed by atoms with Crippen LogP contribution < -0.4 is 5.73 Å². The Bertz CT molecular complexity index is 551. The molecular formula is C14H23N5S. The molecule has 20 heavy (non-hydrogen) atoms. The molecule has 0 aromatic carbocycles. The maximum atomic E-state index is 5.70. The highest BCUT2D eigenvalue weighted by Crippen LogP contribution is 2.39. The molecule has 1 atom stereocenters. The predicted molar refractivity (Wildman–Crippen MR) is 81.0 cm³/mol. The summed E-state index contributed by atoms with van der Waals surface area (Å²) in [5, 5.41) is 14.4. The molecule has 0 spiro atoms. The number of hydrogen-bond acceptors (Lipinski definition) is 5. The maximum absolute atomic E-state index is 5.70. The summed E-state index contributed by atoms with van der Waals surface area (Å²) in [5.41, 5.74) is 5.70. The molecule has 5 nitrogen and oxygen atoms in total. The van der Waals surface area contributed by atoms with Crippen LogP contribution in [-0.4, -0.2) is 26.4 Å². The van der Waals surface area contributed by atoms with Crippen LogP contribution in [0.25, 0.3) is 4.96 Å². The molecule has 3 rings (SSSR count). The molecule has 6 heteroatoms. The van der Waals surface area contributed by atoms with E-state index in [0.29, 0.717) is 5.92 Å². The SMILES string of the molecule is CCCC(CCN)CCc1nn2c(C3CC3)nnc2s1. The zero-order valence-electron chi connectivity index (χ0n) is 12.1. The van der Waals surface area contributed by atoms with Crippen molar-refractivity contribution in [3.8, 4) is 0 Å². The van der Waals surface area contributed by atoms with E-state index in [1.54, 1.807) is 11.3 Å². The number of aryl methyl sites for hydroxylation is 1. The van der Waals surface area contributed by atoms with Gasteiger partial charge >= 0.3 is 0 Å². The van der Waals surface area contributed by atoms with Crippen LogP contribution in [0.15, 0.2) is 0 Å². The third kappa shape index (κ3) is 3.01. The quantitative estimate of drug-likeness (QED) is 0.812. The summed E-state index contributed by atoms with van der Waals surface area (Å²) in [5.74, 6) is 2.40. The van der Waals surface area contributed by atoms with Gasteiger partial charge in [0.25, 0.3) is 0 Å². The predicted octanol–water partition coefficient (Wildman–Crippen LogP) is 2.76. The highest BCUT2D eigenvalue weighted by molar-refractivity contribution is 7.16. The molecule has 2 aromatic rings. The van der Waals surface area contributed by atoms with E-state index in [9.17, 15) is 0 Å². The minimum absolute atomic E-state index is 0.602. The fraction of sp³-hybridized carbons (Fsp3) is 0.786. The van der Waals surface area contributed by atoms with Gasteiger partial charge in [0.05, 0.1) is 0 Å². The van der Waals surface area contributed by atoms with Crippen LogP contribution in [0, 0.1) is 5.92 Å². The Hall–Kier alpha value is -1.01. The maximum Gasteiger partial charge on any atom is 0.234 e. The van der Waals surface area contributed by atoms with Crippen molar-refractivity contribution >= 4 is 16.3 Å². The lowest BCUT2D eigenvalue weighted by atomic mass is 9.95. The van der Waals surface area contributed by atoms with Crippen molar-refractivity contribution in [2.45, 2.75) is 57.8 Å². The molecule has 0 saturated heterocycles. The number of nitrogens with zero attached hydrogens (tertiary/aromatic N) is 4. The second kappa shape index (κ2) is 6.18. The van der Waals surface area contributed by atoms with Gasteiger partial charge in [-0.25, -0.2) is 0 Å². The van der Waals surface area contributed by atoms with Crippen LogP contribution in [-0.2, 0) is 6.42 Å². The average molecular weight is 293 g/mol. The third-order valence-electron chi connectivity index (χ3n) is 4.04. The van der Waals surface area contributed by atoms with E-state index in [2.05, 4.69) is 17.1 Å². The van der Waals surface area contributed by atoms with Gasteiger partial charge in [-0.3, -0.25) is 0 Å². The third-order valence-corrected chi connectivity index (χ3v) is 5.00. The van der Waals surface area contributed by atoms with Gasteiger partial charge in [-0.1, -0.05) is 31.1 Å². The van der Waals surface area contributed by atoms with Crippen molar-refractivity contribution in [1.29, 1.82) is 0 Å². The van der Waals surface area contributed by atoms with Crippen LogP contribution in [0.2, 0.25) is 0 Å². The Morgan fingerprint density at radius 1 is 1.30 bits per heavy atom. The van der Waals surface area contributed by atoms with Crippen molar-refractivity contribution < 1.29 is 0 Å². The number of rotatable bonds is 8. The summed E-state index contributed by atoms with van der Waals surface area (Å²) in [4.78, 5) is 0.952. The molecule has 2 heterocycles. The van der Waals surface area contributed by atoms with E-state index in [4.69, 9.17) is 10.8 Å². The van der Waals surface area contributed by atoms with Gasteiger partial charge in [0, 0.05) is 12.3 Å². The van der Waals surface area contributed by atoms with Crippen LogP contribution >= 0.6 is 11.3 Å². The average Bonchev–Trinajstić information content (AvgIpc) is 3.07. The molecule has 0 aliphatic heterocycles.